The molecular formula is C22H24N4O2. The maximum Gasteiger partial charge on any atom is 0.229 e. The van der Waals surface area contributed by atoms with Crippen molar-refractivity contribution in [2.75, 3.05) is 20.7 Å². The molecule has 0 spiro atoms. The fourth-order valence-electron chi connectivity index (χ4n) is 3.83. The van der Waals surface area contributed by atoms with E-state index < -0.39 is 0 Å². The lowest BCUT2D eigenvalue weighted by molar-refractivity contribution is -0.134. The van der Waals surface area contributed by atoms with Crippen LogP contribution in [0, 0.1) is 5.92 Å². The largest absolute Gasteiger partial charge is 0.494 e. The monoisotopic (exact) mass is 376 g/mol. The van der Waals surface area contributed by atoms with E-state index in [1.165, 1.54) is 0 Å². The summed E-state index contributed by atoms with van der Waals surface area (Å²) < 4.78 is 5.42. The van der Waals surface area contributed by atoms with Gasteiger partial charge in [-0.05, 0) is 23.3 Å². The molecule has 6 nitrogen and oxygen atoms in total. The summed E-state index contributed by atoms with van der Waals surface area (Å²) in [6, 6.07) is 17.9. The normalized spacial score (nSPS) is 18.9. The molecule has 3 aromatic rings. The van der Waals surface area contributed by atoms with E-state index in [0.29, 0.717) is 13.1 Å². The van der Waals surface area contributed by atoms with Crippen LogP contribution in [-0.2, 0) is 11.3 Å². The van der Waals surface area contributed by atoms with Gasteiger partial charge in [-0.15, -0.1) is 0 Å². The third-order valence-corrected chi connectivity index (χ3v) is 5.28. The molecule has 2 N–H and O–H groups in total. The maximum atomic E-state index is 13.2. The zero-order chi connectivity index (χ0) is 19.5. The highest BCUT2D eigenvalue weighted by molar-refractivity contribution is 5.88. The Hall–Kier alpha value is -2.96. The predicted molar refractivity (Wildman–Crippen MR) is 109 cm³/mol. The second-order valence-corrected chi connectivity index (χ2v) is 7.04. The van der Waals surface area contributed by atoms with Gasteiger partial charge >= 0.3 is 0 Å². The number of pyridine rings is 1. The molecule has 2 heterocycles. The smallest absolute Gasteiger partial charge is 0.229 e. The van der Waals surface area contributed by atoms with Crippen molar-refractivity contribution in [3.63, 3.8) is 0 Å². The van der Waals surface area contributed by atoms with Crippen LogP contribution in [0.25, 0.3) is 10.9 Å². The van der Waals surface area contributed by atoms with Crippen molar-refractivity contribution in [3.05, 3.63) is 71.9 Å². The number of ether oxygens (including phenoxy) is 1. The lowest BCUT2D eigenvalue weighted by Crippen LogP contribution is -2.36. The first kappa shape index (κ1) is 18.4. The van der Waals surface area contributed by atoms with Gasteiger partial charge in [0.05, 0.1) is 19.1 Å². The van der Waals surface area contributed by atoms with Crippen molar-refractivity contribution in [1.29, 1.82) is 0 Å². The molecule has 2 unspecified atom stereocenters. The van der Waals surface area contributed by atoms with E-state index >= 15 is 0 Å². The zero-order valence-electron chi connectivity index (χ0n) is 16.1. The minimum atomic E-state index is -0.157. The Balaban J connectivity index is 1.56. The summed E-state index contributed by atoms with van der Waals surface area (Å²) in [7, 11) is 3.50. The van der Waals surface area contributed by atoms with E-state index in [-0.39, 0.29) is 17.9 Å². The highest BCUT2D eigenvalue weighted by Crippen LogP contribution is 2.29. The number of carbonyl (C=O) groups excluding carboxylic acids is 1. The molecule has 1 amide bonds. The summed E-state index contributed by atoms with van der Waals surface area (Å²) >= 11 is 0. The van der Waals surface area contributed by atoms with E-state index in [1.807, 2.05) is 61.6 Å². The first-order valence-electron chi connectivity index (χ1n) is 9.38. The first-order valence-corrected chi connectivity index (χ1v) is 9.38. The number of amides is 1. The summed E-state index contributed by atoms with van der Waals surface area (Å²) in [6.45, 7) is 1.12. The first-order chi connectivity index (χ1) is 13.7. The van der Waals surface area contributed by atoms with Crippen molar-refractivity contribution in [1.82, 2.24) is 20.7 Å². The number of methoxy groups -OCH3 is 1. The highest BCUT2D eigenvalue weighted by Gasteiger charge is 2.35. The number of hydrogen-bond donors (Lipinski definition) is 2. The topological polar surface area (TPSA) is 66.5 Å². The molecule has 1 aromatic heterocycles. The van der Waals surface area contributed by atoms with Crippen LogP contribution in [0.4, 0.5) is 0 Å². The molecule has 0 bridgehead atoms. The molecule has 6 heteroatoms. The molecule has 28 heavy (non-hydrogen) atoms. The van der Waals surface area contributed by atoms with Crippen LogP contribution in [0.3, 0.4) is 0 Å². The summed E-state index contributed by atoms with van der Waals surface area (Å²) in [6.07, 6.45) is 1.75. The average Bonchev–Trinajstić information content (AvgIpc) is 3.24. The van der Waals surface area contributed by atoms with E-state index in [9.17, 15) is 4.79 Å². The van der Waals surface area contributed by atoms with Crippen LogP contribution in [0.5, 0.6) is 5.75 Å². The molecule has 2 atom stereocenters. The number of carbonyl (C=O) groups is 1. The second-order valence-electron chi connectivity index (χ2n) is 7.04. The van der Waals surface area contributed by atoms with Gasteiger partial charge in [0.2, 0.25) is 5.91 Å². The van der Waals surface area contributed by atoms with Crippen LogP contribution < -0.4 is 15.6 Å². The minimum absolute atomic E-state index is 0.0366. The number of nitrogens with zero attached hydrogens (tertiary/aromatic N) is 2. The van der Waals surface area contributed by atoms with Gasteiger partial charge in [-0.1, -0.05) is 42.5 Å². The fraction of sp³-hybridized carbons (Fsp3) is 0.273. The van der Waals surface area contributed by atoms with E-state index in [1.54, 1.807) is 18.2 Å². The number of hydrogen-bond acceptors (Lipinski definition) is 5. The van der Waals surface area contributed by atoms with Gasteiger partial charge in [0, 0.05) is 31.7 Å². The van der Waals surface area contributed by atoms with E-state index in [2.05, 4.69) is 15.8 Å². The van der Waals surface area contributed by atoms with Gasteiger partial charge in [-0.3, -0.25) is 15.2 Å². The predicted octanol–water partition coefficient (Wildman–Crippen LogP) is 2.67. The molecule has 0 radical (unpaired) electrons. The van der Waals surface area contributed by atoms with Crippen molar-refractivity contribution in [3.8, 4) is 5.75 Å². The van der Waals surface area contributed by atoms with Gasteiger partial charge in [-0.25, -0.2) is 5.43 Å². The Morgan fingerprint density at radius 1 is 1.18 bits per heavy atom. The van der Waals surface area contributed by atoms with Crippen molar-refractivity contribution in [2.24, 2.45) is 5.92 Å². The number of fused-ring (bicyclic) bond motifs is 1. The average molecular weight is 376 g/mol. The summed E-state index contributed by atoms with van der Waals surface area (Å²) in [5, 5.41) is 1.00. The lowest BCUT2D eigenvalue weighted by Gasteiger charge is -2.25. The number of benzene rings is 2. The minimum Gasteiger partial charge on any atom is -0.494 e. The number of hydrazine groups is 1. The lowest BCUT2D eigenvalue weighted by atomic mass is 9.93. The Morgan fingerprint density at radius 2 is 2.00 bits per heavy atom. The quantitative estimate of drug-likeness (QED) is 0.717. The molecule has 0 saturated carbocycles. The number of aromatic nitrogens is 1. The maximum absolute atomic E-state index is 13.2. The second kappa shape index (κ2) is 7.96. The summed E-state index contributed by atoms with van der Waals surface area (Å²) in [4.78, 5) is 19.4. The standard InChI is InChI=1S/C22H24N4O2/c1-26(14-16-10-11-19(28-2)21-17(16)9-6-12-23-21)22(27)18-13-24-25-20(18)15-7-4-3-5-8-15/h3-12,18,20,24-25H,13-14H2,1-2H3. The van der Waals surface area contributed by atoms with Crippen LogP contribution in [0.2, 0.25) is 0 Å². The molecule has 0 aliphatic carbocycles. The molecule has 1 fully saturated rings. The van der Waals surface area contributed by atoms with Gasteiger partial charge in [0.1, 0.15) is 11.3 Å². The van der Waals surface area contributed by atoms with Gasteiger partial charge in [-0.2, -0.15) is 0 Å². The highest BCUT2D eigenvalue weighted by atomic mass is 16.5. The number of nitrogens with one attached hydrogen (secondary N) is 2. The van der Waals surface area contributed by atoms with Gasteiger partial charge < -0.3 is 9.64 Å². The van der Waals surface area contributed by atoms with Crippen LogP contribution in [0.15, 0.2) is 60.8 Å². The Morgan fingerprint density at radius 3 is 2.79 bits per heavy atom. The number of rotatable bonds is 5. The van der Waals surface area contributed by atoms with E-state index in [0.717, 1.165) is 27.8 Å². The van der Waals surface area contributed by atoms with Crippen molar-refractivity contribution >= 4 is 16.8 Å². The SMILES string of the molecule is COc1ccc(CN(C)C(=O)C2CNNC2c2ccccc2)c2cccnc12. The molecule has 1 aliphatic rings. The summed E-state index contributed by atoms with van der Waals surface area (Å²) in [5.41, 5.74) is 9.36. The fourth-order valence-corrected chi connectivity index (χ4v) is 3.83. The molecule has 1 aliphatic heterocycles. The Bertz CT molecular complexity index is 977. The summed E-state index contributed by atoms with van der Waals surface area (Å²) in [5.74, 6) is 0.691. The zero-order valence-corrected chi connectivity index (χ0v) is 16.1. The van der Waals surface area contributed by atoms with Crippen LogP contribution in [0.1, 0.15) is 17.2 Å². The van der Waals surface area contributed by atoms with Crippen molar-refractivity contribution < 1.29 is 9.53 Å². The molecular weight excluding hydrogens is 352 g/mol. The third-order valence-electron chi connectivity index (χ3n) is 5.28. The Labute approximate surface area is 164 Å². The molecule has 4 rings (SSSR count). The molecule has 144 valence electrons. The van der Waals surface area contributed by atoms with Gasteiger partial charge in [0.15, 0.2) is 0 Å². The third kappa shape index (κ3) is 3.44. The van der Waals surface area contributed by atoms with Crippen LogP contribution in [-0.4, -0.2) is 36.5 Å². The van der Waals surface area contributed by atoms with Gasteiger partial charge in [0.25, 0.3) is 0 Å². The molecule has 1 saturated heterocycles. The van der Waals surface area contributed by atoms with Crippen LogP contribution >= 0.6 is 0 Å². The van der Waals surface area contributed by atoms with Crippen molar-refractivity contribution in [2.45, 2.75) is 12.6 Å². The Kier molecular flexibility index (Phi) is 5.23. The van der Waals surface area contributed by atoms with E-state index in [4.69, 9.17) is 4.74 Å². The molecule has 2 aromatic carbocycles.